The molecule has 0 radical (unpaired) electrons. The minimum Gasteiger partial charge on any atom is -0.377 e. The Morgan fingerprint density at radius 1 is 1.43 bits per heavy atom. The molecule has 1 rings (SSSR count). The molecule has 0 aromatic carbocycles. The zero-order valence-electron chi connectivity index (χ0n) is 13.3. The third kappa shape index (κ3) is 5.95. The lowest BCUT2D eigenvalue weighted by Gasteiger charge is -2.19. The fourth-order valence-corrected chi connectivity index (χ4v) is 1.72. The van der Waals surface area contributed by atoms with Crippen LogP contribution in [0.25, 0.3) is 0 Å². The number of hydrogen-bond acceptors (Lipinski definition) is 6. The molecule has 2 N–H and O–H groups in total. The number of hydrogen-bond donors (Lipinski definition) is 2. The van der Waals surface area contributed by atoms with Crippen LogP contribution >= 0.6 is 0 Å². The highest BCUT2D eigenvalue weighted by Crippen LogP contribution is 2.15. The van der Waals surface area contributed by atoms with E-state index in [1.807, 2.05) is 18.0 Å². The molecule has 0 fully saturated rings. The Hall–Kier alpha value is -1.89. The van der Waals surface area contributed by atoms with E-state index in [2.05, 4.69) is 27.5 Å². The fraction of sp³-hybridized carbons (Fsp3) is 0.643. The van der Waals surface area contributed by atoms with Gasteiger partial charge in [0.15, 0.2) is 5.82 Å². The van der Waals surface area contributed by atoms with Crippen molar-refractivity contribution in [1.82, 2.24) is 15.3 Å². The van der Waals surface area contributed by atoms with Crippen LogP contribution in [0.5, 0.6) is 0 Å². The Labute approximate surface area is 126 Å². The van der Waals surface area contributed by atoms with Crippen LogP contribution in [0, 0.1) is 0 Å². The molecule has 1 aromatic heterocycles. The van der Waals surface area contributed by atoms with E-state index in [0.717, 1.165) is 24.6 Å². The largest absolute Gasteiger partial charge is 0.377 e. The number of anilines is 2. The zero-order valence-corrected chi connectivity index (χ0v) is 13.3. The summed E-state index contributed by atoms with van der Waals surface area (Å²) in [6.45, 7) is 3.90. The molecule has 21 heavy (non-hydrogen) atoms. The highest BCUT2D eigenvalue weighted by molar-refractivity contribution is 5.76. The normalized spacial score (nSPS) is 10.3. The molecule has 0 aliphatic heterocycles. The molecule has 1 aromatic rings. The lowest BCUT2D eigenvalue weighted by Crippen LogP contribution is -2.27. The Bertz CT molecular complexity index is 453. The maximum Gasteiger partial charge on any atom is 0.221 e. The number of aromatic nitrogens is 2. The second-order valence-electron chi connectivity index (χ2n) is 4.73. The summed E-state index contributed by atoms with van der Waals surface area (Å²) in [6, 6.07) is 1.89. The van der Waals surface area contributed by atoms with Crippen LogP contribution in [0.2, 0.25) is 0 Å². The monoisotopic (exact) mass is 295 g/mol. The van der Waals surface area contributed by atoms with Gasteiger partial charge in [0.05, 0.1) is 0 Å². The number of carbonyl (C=O) groups excluding carboxylic acids is 1. The van der Waals surface area contributed by atoms with Crippen LogP contribution in [0.1, 0.15) is 25.6 Å². The van der Waals surface area contributed by atoms with Crippen molar-refractivity contribution in [2.75, 3.05) is 44.5 Å². The molecule has 1 amide bonds. The van der Waals surface area contributed by atoms with E-state index in [9.17, 15) is 4.79 Å². The molecule has 7 nitrogen and oxygen atoms in total. The van der Waals surface area contributed by atoms with Crippen molar-refractivity contribution < 1.29 is 9.53 Å². The second-order valence-corrected chi connectivity index (χ2v) is 4.73. The van der Waals surface area contributed by atoms with Gasteiger partial charge in [-0.1, -0.05) is 6.92 Å². The van der Waals surface area contributed by atoms with Gasteiger partial charge in [0.1, 0.15) is 18.2 Å². The van der Waals surface area contributed by atoms with E-state index in [1.54, 1.807) is 14.2 Å². The molecule has 0 spiro atoms. The molecule has 1 heterocycles. The summed E-state index contributed by atoms with van der Waals surface area (Å²) < 4.78 is 5.10. The minimum atomic E-state index is 0.0114. The molecule has 0 saturated heterocycles. The van der Waals surface area contributed by atoms with Crippen molar-refractivity contribution in [3.8, 4) is 0 Å². The molecule has 0 unspecified atom stereocenters. The lowest BCUT2D eigenvalue weighted by atomic mass is 10.3. The zero-order chi connectivity index (χ0) is 15.7. The first-order chi connectivity index (χ1) is 10.1. The van der Waals surface area contributed by atoms with Crippen molar-refractivity contribution in [2.45, 2.75) is 26.4 Å². The third-order valence-electron chi connectivity index (χ3n) is 2.93. The van der Waals surface area contributed by atoms with Crippen molar-refractivity contribution >= 4 is 17.5 Å². The number of rotatable bonds is 9. The van der Waals surface area contributed by atoms with Gasteiger partial charge >= 0.3 is 0 Å². The average molecular weight is 295 g/mol. The summed E-state index contributed by atoms with van der Waals surface area (Å²) in [5, 5.41) is 5.86. The highest BCUT2D eigenvalue weighted by atomic mass is 16.5. The van der Waals surface area contributed by atoms with E-state index in [-0.39, 0.29) is 5.91 Å². The van der Waals surface area contributed by atoms with Gasteiger partial charge in [-0.15, -0.1) is 0 Å². The lowest BCUT2D eigenvalue weighted by molar-refractivity contribution is -0.120. The fourth-order valence-electron chi connectivity index (χ4n) is 1.72. The van der Waals surface area contributed by atoms with Crippen LogP contribution in [-0.2, 0) is 16.1 Å². The summed E-state index contributed by atoms with van der Waals surface area (Å²) >= 11 is 0. The highest BCUT2D eigenvalue weighted by Gasteiger charge is 2.10. The van der Waals surface area contributed by atoms with Crippen molar-refractivity contribution in [3.05, 3.63) is 11.9 Å². The van der Waals surface area contributed by atoms with Gasteiger partial charge < -0.3 is 20.3 Å². The molecule has 0 bridgehead atoms. The number of ether oxygens (including phenoxy) is 1. The summed E-state index contributed by atoms with van der Waals surface area (Å²) in [4.78, 5) is 22.1. The predicted molar refractivity (Wildman–Crippen MR) is 83.5 cm³/mol. The molecule has 0 saturated carbocycles. The first kappa shape index (κ1) is 17.2. The van der Waals surface area contributed by atoms with Gasteiger partial charge in [0, 0.05) is 46.8 Å². The van der Waals surface area contributed by atoms with Gasteiger partial charge in [0.2, 0.25) is 5.91 Å². The molecule has 7 heteroatoms. The SMILES string of the molecule is CCCNc1cc(N(C)CCC(=O)NC)nc(COC)n1. The number of amides is 1. The first-order valence-electron chi connectivity index (χ1n) is 7.13. The summed E-state index contributed by atoms with van der Waals surface area (Å²) in [5.41, 5.74) is 0. The second kappa shape index (κ2) is 9.12. The standard InChI is InChI=1S/C14H25N5O2/c1-5-7-16-11-9-13(18-12(17-11)10-21-4)19(3)8-6-14(20)15-2/h9H,5-8,10H2,1-4H3,(H,15,20)(H,16,17,18). The summed E-state index contributed by atoms with van der Waals surface area (Å²) in [7, 11) is 5.16. The van der Waals surface area contributed by atoms with Crippen LogP contribution in [0.4, 0.5) is 11.6 Å². The summed E-state index contributed by atoms with van der Waals surface area (Å²) in [5.74, 6) is 2.19. The molecule has 0 aliphatic carbocycles. The van der Waals surface area contributed by atoms with Gasteiger partial charge in [-0.25, -0.2) is 9.97 Å². The van der Waals surface area contributed by atoms with Gasteiger partial charge in [-0.2, -0.15) is 0 Å². The summed E-state index contributed by atoms with van der Waals surface area (Å²) in [6.07, 6.45) is 1.44. The number of nitrogens with one attached hydrogen (secondary N) is 2. The van der Waals surface area contributed by atoms with Crippen molar-refractivity contribution in [2.24, 2.45) is 0 Å². The molecule has 0 aliphatic rings. The van der Waals surface area contributed by atoms with E-state index in [4.69, 9.17) is 4.74 Å². The van der Waals surface area contributed by atoms with Crippen LogP contribution < -0.4 is 15.5 Å². The Morgan fingerprint density at radius 3 is 2.81 bits per heavy atom. The number of carbonyl (C=O) groups is 1. The Balaban J connectivity index is 2.82. The van der Waals surface area contributed by atoms with E-state index in [1.165, 1.54) is 0 Å². The van der Waals surface area contributed by atoms with Gasteiger partial charge in [-0.05, 0) is 6.42 Å². The maximum atomic E-state index is 11.3. The van der Waals surface area contributed by atoms with Crippen molar-refractivity contribution in [3.63, 3.8) is 0 Å². The van der Waals surface area contributed by atoms with Crippen LogP contribution in [0.3, 0.4) is 0 Å². The first-order valence-corrected chi connectivity index (χ1v) is 7.13. The maximum absolute atomic E-state index is 11.3. The van der Waals surface area contributed by atoms with E-state index < -0.39 is 0 Å². The number of nitrogens with zero attached hydrogens (tertiary/aromatic N) is 3. The number of methoxy groups -OCH3 is 1. The molecule has 118 valence electrons. The Kier molecular flexibility index (Phi) is 7.45. The minimum absolute atomic E-state index is 0.0114. The van der Waals surface area contributed by atoms with Gasteiger partial charge in [0.25, 0.3) is 0 Å². The van der Waals surface area contributed by atoms with E-state index >= 15 is 0 Å². The average Bonchev–Trinajstić information content (AvgIpc) is 2.50. The topological polar surface area (TPSA) is 79.4 Å². The van der Waals surface area contributed by atoms with Gasteiger partial charge in [-0.3, -0.25) is 4.79 Å². The third-order valence-corrected chi connectivity index (χ3v) is 2.93. The van der Waals surface area contributed by atoms with Crippen LogP contribution in [-0.4, -0.2) is 50.2 Å². The van der Waals surface area contributed by atoms with Crippen LogP contribution in [0.15, 0.2) is 6.07 Å². The quantitative estimate of drug-likeness (QED) is 0.708. The Morgan fingerprint density at radius 2 is 2.19 bits per heavy atom. The smallest absolute Gasteiger partial charge is 0.221 e. The predicted octanol–water partition coefficient (Wildman–Crippen LogP) is 1.02. The molecule has 0 atom stereocenters. The molecular weight excluding hydrogens is 270 g/mol. The van der Waals surface area contributed by atoms with Crippen molar-refractivity contribution in [1.29, 1.82) is 0 Å². The van der Waals surface area contributed by atoms with E-state index in [0.29, 0.717) is 25.4 Å². The molecular formula is C14H25N5O2.